The molecule has 0 spiro atoms. The molecule has 0 fully saturated rings. The first-order chi connectivity index (χ1) is 15.6. The Bertz CT molecular complexity index is 1180. The van der Waals surface area contributed by atoms with Crippen LogP contribution in [0.1, 0.15) is 19.4 Å². The predicted molar refractivity (Wildman–Crippen MR) is 121 cm³/mol. The van der Waals surface area contributed by atoms with Gasteiger partial charge in [0, 0.05) is 11.6 Å². The Morgan fingerprint density at radius 3 is 2.56 bits per heavy atom. The van der Waals surface area contributed by atoms with Crippen molar-refractivity contribution in [3.63, 3.8) is 0 Å². The molecule has 2 aromatic carbocycles. The van der Waals surface area contributed by atoms with Crippen molar-refractivity contribution in [1.82, 2.24) is 25.1 Å². The first-order valence-corrected chi connectivity index (χ1v) is 10.6. The van der Waals surface area contributed by atoms with Gasteiger partial charge >= 0.3 is 0 Å². The van der Waals surface area contributed by atoms with E-state index in [4.69, 9.17) is 9.47 Å². The smallest absolute Gasteiger partial charge is 0.260 e. The van der Waals surface area contributed by atoms with E-state index < -0.39 is 6.10 Å². The van der Waals surface area contributed by atoms with Crippen molar-refractivity contribution >= 4 is 11.6 Å². The van der Waals surface area contributed by atoms with E-state index in [2.05, 4.69) is 27.5 Å². The van der Waals surface area contributed by atoms with E-state index in [1.165, 1.54) is 5.56 Å². The summed E-state index contributed by atoms with van der Waals surface area (Å²) in [5.41, 5.74) is 2.76. The molecule has 0 aliphatic rings. The summed E-state index contributed by atoms with van der Waals surface area (Å²) in [6, 6.07) is 21.0. The number of nitrogens with zero attached hydrogens (tertiary/aromatic N) is 4. The lowest BCUT2D eigenvalue weighted by Crippen LogP contribution is -2.38. The van der Waals surface area contributed by atoms with Crippen molar-refractivity contribution in [3.8, 4) is 23.0 Å². The van der Waals surface area contributed by atoms with Gasteiger partial charge in [0.25, 0.3) is 5.91 Å². The Balaban J connectivity index is 1.29. The molecule has 1 amide bonds. The van der Waals surface area contributed by atoms with Gasteiger partial charge in [-0.3, -0.25) is 4.79 Å². The molecular formula is C24H25N5O3. The number of hydrogen-bond acceptors (Lipinski definition) is 6. The maximum Gasteiger partial charge on any atom is 0.260 e. The van der Waals surface area contributed by atoms with Gasteiger partial charge in [0.15, 0.2) is 17.6 Å². The van der Waals surface area contributed by atoms with Crippen LogP contribution in [0.4, 0.5) is 0 Å². The molecule has 2 aromatic heterocycles. The number of aryl methyl sites for hydroxylation is 1. The molecule has 0 radical (unpaired) electrons. The van der Waals surface area contributed by atoms with Crippen LogP contribution in [-0.4, -0.2) is 45.0 Å². The zero-order valence-corrected chi connectivity index (χ0v) is 18.1. The van der Waals surface area contributed by atoms with E-state index >= 15 is 0 Å². The van der Waals surface area contributed by atoms with E-state index in [9.17, 15) is 4.79 Å². The van der Waals surface area contributed by atoms with E-state index in [0.29, 0.717) is 29.6 Å². The molecule has 4 rings (SSSR count). The van der Waals surface area contributed by atoms with Gasteiger partial charge in [0.1, 0.15) is 12.4 Å². The molecule has 0 saturated heterocycles. The van der Waals surface area contributed by atoms with Crippen molar-refractivity contribution in [2.24, 2.45) is 0 Å². The number of amides is 1. The van der Waals surface area contributed by atoms with Crippen LogP contribution in [0.15, 0.2) is 66.7 Å². The number of nitrogens with one attached hydrogen (secondary N) is 1. The van der Waals surface area contributed by atoms with Gasteiger partial charge in [0.05, 0.1) is 6.54 Å². The van der Waals surface area contributed by atoms with Crippen molar-refractivity contribution in [2.45, 2.75) is 26.4 Å². The van der Waals surface area contributed by atoms with Gasteiger partial charge in [-0.25, -0.2) is 0 Å². The van der Waals surface area contributed by atoms with E-state index in [0.717, 1.165) is 12.0 Å². The summed E-state index contributed by atoms with van der Waals surface area (Å²) < 4.78 is 13.1. The summed E-state index contributed by atoms with van der Waals surface area (Å²) >= 11 is 0. The molecular weight excluding hydrogens is 406 g/mol. The van der Waals surface area contributed by atoms with Gasteiger partial charge in [0.2, 0.25) is 5.88 Å². The molecule has 164 valence electrons. The molecule has 32 heavy (non-hydrogen) atoms. The van der Waals surface area contributed by atoms with E-state index in [-0.39, 0.29) is 12.5 Å². The second kappa shape index (κ2) is 9.91. The van der Waals surface area contributed by atoms with Crippen molar-refractivity contribution in [3.05, 3.63) is 72.3 Å². The van der Waals surface area contributed by atoms with Crippen LogP contribution >= 0.6 is 0 Å². The van der Waals surface area contributed by atoms with Crippen LogP contribution in [0.3, 0.4) is 0 Å². The first-order valence-electron chi connectivity index (χ1n) is 10.6. The normalized spacial score (nSPS) is 11.8. The largest absolute Gasteiger partial charge is 0.481 e. The van der Waals surface area contributed by atoms with Gasteiger partial charge < -0.3 is 14.8 Å². The highest BCUT2D eigenvalue weighted by molar-refractivity contribution is 5.80. The lowest BCUT2D eigenvalue weighted by atomic mass is 10.2. The third-order valence-corrected chi connectivity index (χ3v) is 4.94. The summed E-state index contributed by atoms with van der Waals surface area (Å²) in [5.74, 6) is 1.52. The molecule has 8 nitrogen and oxygen atoms in total. The molecule has 1 unspecified atom stereocenters. The first kappa shape index (κ1) is 21.3. The molecule has 4 aromatic rings. The monoisotopic (exact) mass is 431 g/mol. The average molecular weight is 431 g/mol. The number of ether oxygens (including phenoxy) is 2. The highest BCUT2D eigenvalue weighted by Gasteiger charge is 2.14. The van der Waals surface area contributed by atoms with Crippen molar-refractivity contribution < 1.29 is 14.3 Å². The minimum absolute atomic E-state index is 0.207. The van der Waals surface area contributed by atoms with Crippen LogP contribution < -0.4 is 14.8 Å². The van der Waals surface area contributed by atoms with Crippen LogP contribution in [0, 0.1) is 0 Å². The lowest BCUT2D eigenvalue weighted by molar-refractivity contribution is -0.127. The Kier molecular flexibility index (Phi) is 6.60. The highest BCUT2D eigenvalue weighted by atomic mass is 16.5. The van der Waals surface area contributed by atoms with E-state index in [1.807, 2.05) is 54.6 Å². The SMILES string of the molecule is CCc1ccc(OC(C)C(=O)NCCOc2ccc3nnc(-c4ccccc4)n3n2)cc1. The number of benzene rings is 2. The Hall–Kier alpha value is -3.94. The quantitative estimate of drug-likeness (QED) is 0.409. The van der Waals surface area contributed by atoms with Crippen LogP contribution in [-0.2, 0) is 11.2 Å². The summed E-state index contributed by atoms with van der Waals surface area (Å²) in [6.45, 7) is 4.41. The number of hydrogen-bond donors (Lipinski definition) is 1. The third kappa shape index (κ3) is 5.03. The van der Waals surface area contributed by atoms with Crippen molar-refractivity contribution in [2.75, 3.05) is 13.2 Å². The van der Waals surface area contributed by atoms with Crippen LogP contribution in [0.5, 0.6) is 11.6 Å². The Labute approximate surface area is 186 Å². The molecule has 1 atom stereocenters. The Morgan fingerprint density at radius 2 is 1.81 bits per heavy atom. The fourth-order valence-corrected chi connectivity index (χ4v) is 3.15. The van der Waals surface area contributed by atoms with Crippen molar-refractivity contribution in [1.29, 1.82) is 0 Å². The molecule has 2 heterocycles. The highest BCUT2D eigenvalue weighted by Crippen LogP contribution is 2.18. The fraction of sp³-hybridized carbons (Fsp3) is 0.250. The minimum Gasteiger partial charge on any atom is -0.481 e. The Morgan fingerprint density at radius 1 is 1.03 bits per heavy atom. The summed E-state index contributed by atoms with van der Waals surface area (Å²) in [5, 5.41) is 15.6. The number of rotatable bonds is 9. The van der Waals surface area contributed by atoms with Gasteiger partial charge in [-0.2, -0.15) is 4.52 Å². The zero-order valence-electron chi connectivity index (χ0n) is 18.1. The maximum atomic E-state index is 12.3. The molecule has 0 bridgehead atoms. The van der Waals surface area contributed by atoms with Gasteiger partial charge in [-0.05, 0) is 37.1 Å². The average Bonchev–Trinajstić information content (AvgIpc) is 3.26. The lowest BCUT2D eigenvalue weighted by Gasteiger charge is -2.15. The molecule has 0 aliphatic carbocycles. The number of aromatic nitrogens is 4. The molecule has 8 heteroatoms. The standard InChI is InChI=1S/C24H25N5O3/c1-3-18-9-11-20(12-10-18)32-17(2)24(30)25-15-16-31-22-14-13-21-26-27-23(29(21)28-22)19-7-5-4-6-8-19/h4-14,17H,3,15-16H2,1-2H3,(H,25,30). The second-order valence-electron chi connectivity index (χ2n) is 7.23. The number of carbonyl (C=O) groups is 1. The number of fused-ring (bicyclic) bond motifs is 1. The van der Waals surface area contributed by atoms with E-state index in [1.54, 1.807) is 23.6 Å². The third-order valence-electron chi connectivity index (χ3n) is 4.94. The summed E-state index contributed by atoms with van der Waals surface area (Å²) in [6.07, 6.45) is 0.352. The fourth-order valence-electron chi connectivity index (χ4n) is 3.15. The predicted octanol–water partition coefficient (Wildman–Crippen LogP) is 3.32. The van der Waals surface area contributed by atoms with Crippen LogP contribution in [0.2, 0.25) is 0 Å². The topological polar surface area (TPSA) is 90.6 Å². The molecule has 1 N–H and O–H groups in total. The number of carbonyl (C=O) groups excluding carboxylic acids is 1. The van der Waals surface area contributed by atoms with Gasteiger partial charge in [-0.15, -0.1) is 15.3 Å². The summed E-state index contributed by atoms with van der Waals surface area (Å²) in [4.78, 5) is 12.3. The second-order valence-corrected chi connectivity index (χ2v) is 7.23. The van der Waals surface area contributed by atoms with Crippen LogP contribution in [0.25, 0.3) is 17.0 Å². The molecule has 0 saturated carbocycles. The van der Waals surface area contributed by atoms with Gasteiger partial charge in [-0.1, -0.05) is 49.4 Å². The zero-order chi connectivity index (χ0) is 22.3. The molecule has 0 aliphatic heterocycles. The summed E-state index contributed by atoms with van der Waals surface area (Å²) in [7, 11) is 0. The minimum atomic E-state index is -0.609. The maximum absolute atomic E-state index is 12.3.